The average Bonchev–Trinajstić information content (AvgIpc) is 3.79. The quantitative estimate of drug-likeness (QED) is 0.108. The molecule has 0 saturated heterocycles. The van der Waals surface area contributed by atoms with Gasteiger partial charge in [-0.3, -0.25) is 4.99 Å². The zero-order valence-electron chi connectivity index (χ0n) is 27.6. The summed E-state index contributed by atoms with van der Waals surface area (Å²) in [4.78, 5) is 6.82. The van der Waals surface area contributed by atoms with Crippen molar-refractivity contribution >= 4 is 54.8 Å². The number of benzene rings is 6. The van der Waals surface area contributed by atoms with Gasteiger partial charge in [-0.1, -0.05) is 127 Å². The second kappa shape index (κ2) is 11.4. The summed E-state index contributed by atoms with van der Waals surface area (Å²) in [6, 6.07) is 41.2. The number of fused-ring (bicyclic) bond motifs is 10. The largest absolute Gasteiger partial charge is 0.405 e. The van der Waals surface area contributed by atoms with Crippen LogP contribution in [0, 0.1) is 0 Å². The minimum Gasteiger partial charge on any atom is -0.405 e. The molecule has 0 aliphatic heterocycles. The third kappa shape index (κ3) is 4.17. The highest BCUT2D eigenvalue weighted by atomic mass is 32.1. The summed E-state index contributed by atoms with van der Waals surface area (Å²) in [6.07, 6.45) is 18.4. The van der Waals surface area contributed by atoms with E-state index in [0.29, 0.717) is 6.54 Å². The van der Waals surface area contributed by atoms with E-state index < -0.39 is 5.41 Å². The molecule has 238 valence electrons. The molecule has 1 spiro atoms. The maximum absolute atomic E-state index is 5.59. The topological polar surface area (TPSA) is 38.4 Å². The van der Waals surface area contributed by atoms with Gasteiger partial charge in [0.2, 0.25) is 0 Å². The van der Waals surface area contributed by atoms with Crippen molar-refractivity contribution in [2.24, 2.45) is 10.7 Å². The Hall–Kier alpha value is -5.77. The van der Waals surface area contributed by atoms with Crippen LogP contribution in [-0.4, -0.2) is 5.71 Å². The third-order valence-corrected chi connectivity index (χ3v) is 12.1. The highest BCUT2D eigenvalue weighted by Crippen LogP contribution is 2.62. The Labute approximate surface area is 295 Å². The molecule has 0 radical (unpaired) electrons. The summed E-state index contributed by atoms with van der Waals surface area (Å²) in [5, 5.41) is 6.70. The molecule has 50 heavy (non-hydrogen) atoms. The molecule has 0 fully saturated rings. The van der Waals surface area contributed by atoms with Gasteiger partial charge in [-0.2, -0.15) is 0 Å². The molecule has 7 aromatic rings. The van der Waals surface area contributed by atoms with Crippen molar-refractivity contribution in [3.63, 3.8) is 0 Å². The Kier molecular flexibility index (Phi) is 6.65. The van der Waals surface area contributed by atoms with Gasteiger partial charge in [0.05, 0.1) is 17.7 Å². The van der Waals surface area contributed by atoms with Gasteiger partial charge in [0, 0.05) is 15.1 Å². The molecular weight excluding hydrogens is 625 g/mol. The van der Waals surface area contributed by atoms with E-state index in [1.165, 1.54) is 81.0 Å². The van der Waals surface area contributed by atoms with Crippen LogP contribution in [0.5, 0.6) is 0 Å². The number of aliphatic imine (C=N–C) groups is 1. The summed E-state index contributed by atoms with van der Waals surface area (Å²) in [7, 11) is 0. The Bertz CT molecular complexity index is 2630. The van der Waals surface area contributed by atoms with Gasteiger partial charge in [-0.15, -0.1) is 11.3 Å². The van der Waals surface area contributed by atoms with Crippen molar-refractivity contribution in [3.05, 3.63) is 196 Å². The molecule has 3 aliphatic carbocycles. The molecule has 2 N–H and O–H groups in total. The van der Waals surface area contributed by atoms with Crippen LogP contribution in [0.2, 0.25) is 0 Å². The number of thiophene rings is 1. The van der Waals surface area contributed by atoms with E-state index in [-0.39, 0.29) is 0 Å². The number of hydrogen-bond donors (Lipinski definition) is 1. The van der Waals surface area contributed by atoms with Gasteiger partial charge >= 0.3 is 0 Å². The lowest BCUT2D eigenvalue weighted by Gasteiger charge is -2.31. The first-order chi connectivity index (χ1) is 24.8. The molecule has 10 rings (SSSR count). The SMILES string of the molecule is N\C=C/C=C\C=C\C(=NCc1ccc2c3c(sc2c1)CCC=C3)c1ccc2c(c1)C1(c3ccccc3-2)c2cccc3ccc4cccc1c4c23. The van der Waals surface area contributed by atoms with Crippen LogP contribution in [0.15, 0.2) is 157 Å². The lowest BCUT2D eigenvalue weighted by molar-refractivity contribution is 0.796. The van der Waals surface area contributed by atoms with Crippen molar-refractivity contribution in [3.8, 4) is 11.1 Å². The third-order valence-electron chi connectivity index (χ3n) is 10.9. The Morgan fingerprint density at radius 3 is 2.30 bits per heavy atom. The van der Waals surface area contributed by atoms with Gasteiger partial charge < -0.3 is 5.73 Å². The number of hydrogen-bond acceptors (Lipinski definition) is 3. The van der Waals surface area contributed by atoms with E-state index >= 15 is 0 Å². The number of rotatable bonds is 6. The fourth-order valence-electron chi connectivity index (χ4n) is 8.79. The molecule has 3 aliphatic rings. The highest BCUT2D eigenvalue weighted by molar-refractivity contribution is 7.19. The van der Waals surface area contributed by atoms with Gasteiger partial charge in [0.1, 0.15) is 0 Å². The van der Waals surface area contributed by atoms with E-state index in [9.17, 15) is 0 Å². The fraction of sp³-hybridized carbons (Fsp3) is 0.0851. The first-order valence-electron chi connectivity index (χ1n) is 17.4. The first kappa shape index (κ1) is 29.2. The average molecular weight is 659 g/mol. The van der Waals surface area contributed by atoms with E-state index in [4.69, 9.17) is 10.7 Å². The van der Waals surface area contributed by atoms with Gasteiger partial charge in [-0.25, -0.2) is 0 Å². The van der Waals surface area contributed by atoms with Crippen LogP contribution >= 0.6 is 11.3 Å². The van der Waals surface area contributed by atoms with Crippen molar-refractivity contribution in [2.75, 3.05) is 0 Å². The molecule has 0 bridgehead atoms. The Morgan fingerprint density at radius 2 is 1.48 bits per heavy atom. The van der Waals surface area contributed by atoms with Crippen molar-refractivity contribution in [2.45, 2.75) is 24.8 Å². The summed E-state index contributed by atoms with van der Waals surface area (Å²) in [6.45, 7) is 0.604. The van der Waals surface area contributed by atoms with E-state index in [2.05, 4.69) is 133 Å². The molecule has 0 amide bonds. The summed E-state index contributed by atoms with van der Waals surface area (Å²) in [5.74, 6) is 0. The van der Waals surface area contributed by atoms with Crippen molar-refractivity contribution in [1.29, 1.82) is 0 Å². The number of nitrogens with zero attached hydrogens (tertiary/aromatic N) is 1. The molecule has 3 heteroatoms. The summed E-state index contributed by atoms with van der Waals surface area (Å²) < 4.78 is 1.35. The van der Waals surface area contributed by atoms with Crippen LogP contribution in [0.25, 0.3) is 48.8 Å². The van der Waals surface area contributed by atoms with E-state index in [1.54, 1.807) is 6.20 Å². The maximum Gasteiger partial charge on any atom is 0.0726 e. The molecule has 0 saturated carbocycles. The number of nitrogens with two attached hydrogens (primary N) is 1. The minimum atomic E-state index is -0.400. The van der Waals surface area contributed by atoms with Crippen molar-refractivity contribution < 1.29 is 0 Å². The molecular formula is C47H34N2S. The molecule has 1 aromatic heterocycles. The van der Waals surface area contributed by atoms with Crippen LogP contribution in [-0.2, 0) is 18.4 Å². The summed E-state index contributed by atoms with van der Waals surface area (Å²) >= 11 is 1.94. The monoisotopic (exact) mass is 658 g/mol. The van der Waals surface area contributed by atoms with Gasteiger partial charge in [0.25, 0.3) is 0 Å². The molecule has 0 atom stereocenters. The zero-order valence-corrected chi connectivity index (χ0v) is 28.4. The standard InChI is InChI=1S/C47H34N2S/c48-26-8-2-1-3-18-42(49-29-30-20-24-37-36-14-5-7-19-43(36)50-44(37)27-30)33-23-25-35-34-13-4-6-15-38(34)47(41(35)28-33)39-16-9-11-31-21-22-32-12-10-17-40(47)46(32)45(31)39/h1-6,8-18,20-28H,7,19,29,48H2/b2-1-,18-3+,26-8-,49-42?. The van der Waals surface area contributed by atoms with Crippen LogP contribution in [0.3, 0.4) is 0 Å². The predicted octanol–water partition coefficient (Wildman–Crippen LogP) is 11.4. The smallest absolute Gasteiger partial charge is 0.0726 e. The lowest BCUT2D eigenvalue weighted by Crippen LogP contribution is -2.26. The second-order valence-electron chi connectivity index (χ2n) is 13.5. The molecule has 1 heterocycles. The van der Waals surface area contributed by atoms with Crippen LogP contribution < -0.4 is 5.73 Å². The molecule has 6 aromatic carbocycles. The Balaban J connectivity index is 1.14. The van der Waals surface area contributed by atoms with Crippen LogP contribution in [0.1, 0.15) is 50.2 Å². The summed E-state index contributed by atoms with van der Waals surface area (Å²) in [5.41, 5.74) is 17.9. The maximum atomic E-state index is 5.59. The predicted molar refractivity (Wildman–Crippen MR) is 213 cm³/mol. The van der Waals surface area contributed by atoms with Crippen LogP contribution in [0.4, 0.5) is 0 Å². The fourth-order valence-corrected chi connectivity index (χ4v) is 10.1. The second-order valence-corrected chi connectivity index (χ2v) is 14.6. The minimum absolute atomic E-state index is 0.400. The lowest BCUT2D eigenvalue weighted by atomic mass is 9.70. The van der Waals surface area contributed by atoms with E-state index in [1.807, 2.05) is 29.6 Å². The normalized spacial score (nSPS) is 15.6. The molecule has 2 nitrogen and oxygen atoms in total. The Morgan fingerprint density at radius 1 is 0.720 bits per heavy atom. The number of allylic oxidation sites excluding steroid dienone is 6. The first-order valence-corrected chi connectivity index (χ1v) is 18.2. The zero-order chi connectivity index (χ0) is 33.2. The van der Waals surface area contributed by atoms with Gasteiger partial charge in [0.15, 0.2) is 0 Å². The van der Waals surface area contributed by atoms with Crippen molar-refractivity contribution in [1.82, 2.24) is 0 Å². The molecule has 0 unspecified atom stereocenters. The van der Waals surface area contributed by atoms with E-state index in [0.717, 1.165) is 24.1 Å². The number of aryl methyl sites for hydroxylation is 1. The van der Waals surface area contributed by atoms with Gasteiger partial charge in [-0.05, 0) is 115 Å². The highest BCUT2D eigenvalue weighted by Gasteiger charge is 2.50.